The number of nitro benzene ring substituents is 1. The monoisotopic (exact) mass is 363 g/mol. The molecular weight excluding hydrogens is 338 g/mol. The van der Waals surface area contributed by atoms with Gasteiger partial charge in [-0.05, 0) is 39.1 Å². The maximum absolute atomic E-state index is 12.4. The molecule has 1 aliphatic carbocycles. The molecule has 1 amide bonds. The van der Waals surface area contributed by atoms with Gasteiger partial charge in [-0.25, -0.2) is 0 Å². The SMILES string of the molecule is CN(C)C1(CNC(=O)c2ccc([N+](=O)[O-])cc2)CCC2(CC1)OCCO2. The lowest BCUT2D eigenvalue weighted by Crippen LogP contribution is -2.57. The van der Waals surface area contributed by atoms with Gasteiger partial charge in [-0.2, -0.15) is 0 Å². The molecule has 8 heteroatoms. The molecule has 2 aliphatic rings. The van der Waals surface area contributed by atoms with Gasteiger partial charge in [0.1, 0.15) is 0 Å². The minimum Gasteiger partial charge on any atom is -0.350 e. The molecule has 1 aromatic rings. The van der Waals surface area contributed by atoms with Gasteiger partial charge >= 0.3 is 0 Å². The highest BCUT2D eigenvalue weighted by molar-refractivity contribution is 5.94. The summed E-state index contributed by atoms with van der Waals surface area (Å²) in [6.07, 6.45) is 3.33. The van der Waals surface area contributed by atoms with Crippen molar-refractivity contribution in [3.05, 3.63) is 39.9 Å². The predicted molar refractivity (Wildman–Crippen MR) is 95.0 cm³/mol. The standard InChI is InChI=1S/C18H25N3O5/c1-20(2)17(7-9-18(10-8-17)25-11-12-26-18)13-19-16(22)14-3-5-15(6-4-14)21(23)24/h3-6H,7-13H2,1-2H3,(H,19,22). The number of amides is 1. The van der Waals surface area contributed by atoms with Gasteiger partial charge in [0.25, 0.3) is 11.6 Å². The molecule has 1 N–H and O–H groups in total. The molecule has 0 radical (unpaired) electrons. The van der Waals surface area contributed by atoms with Crippen LogP contribution >= 0.6 is 0 Å². The highest BCUT2D eigenvalue weighted by atomic mass is 16.7. The second kappa shape index (κ2) is 7.30. The minimum atomic E-state index is -0.478. The topological polar surface area (TPSA) is 93.9 Å². The van der Waals surface area contributed by atoms with Crippen LogP contribution in [0.25, 0.3) is 0 Å². The van der Waals surface area contributed by atoms with E-state index in [2.05, 4.69) is 10.2 Å². The van der Waals surface area contributed by atoms with E-state index < -0.39 is 10.7 Å². The Hall–Kier alpha value is -2.03. The zero-order valence-corrected chi connectivity index (χ0v) is 15.2. The first-order valence-corrected chi connectivity index (χ1v) is 8.84. The molecule has 1 aliphatic heterocycles. The average molecular weight is 363 g/mol. The Morgan fingerprint density at radius 2 is 1.73 bits per heavy atom. The molecule has 1 spiro atoms. The highest BCUT2D eigenvalue weighted by Gasteiger charge is 2.47. The van der Waals surface area contributed by atoms with Crippen LogP contribution in [0.3, 0.4) is 0 Å². The molecule has 3 rings (SSSR count). The zero-order chi connectivity index (χ0) is 18.8. The highest BCUT2D eigenvalue weighted by Crippen LogP contribution is 2.42. The van der Waals surface area contributed by atoms with Crippen LogP contribution < -0.4 is 5.32 Å². The van der Waals surface area contributed by atoms with Gasteiger partial charge in [0.05, 0.1) is 18.1 Å². The van der Waals surface area contributed by atoms with Crippen LogP contribution in [0, 0.1) is 10.1 Å². The van der Waals surface area contributed by atoms with Crippen LogP contribution in [-0.2, 0) is 9.47 Å². The quantitative estimate of drug-likeness (QED) is 0.635. The van der Waals surface area contributed by atoms with E-state index in [0.29, 0.717) is 25.3 Å². The largest absolute Gasteiger partial charge is 0.350 e. The zero-order valence-electron chi connectivity index (χ0n) is 15.2. The number of ether oxygens (including phenoxy) is 2. The summed E-state index contributed by atoms with van der Waals surface area (Å²) in [7, 11) is 4.04. The van der Waals surface area contributed by atoms with Crippen molar-refractivity contribution in [3.63, 3.8) is 0 Å². The Bertz CT molecular complexity index is 658. The second-order valence-corrected chi connectivity index (χ2v) is 7.21. The molecule has 1 saturated heterocycles. The molecular formula is C18H25N3O5. The first-order valence-electron chi connectivity index (χ1n) is 8.84. The molecule has 1 heterocycles. The Labute approximate surface area is 152 Å². The van der Waals surface area contributed by atoms with Gasteiger partial charge in [-0.15, -0.1) is 0 Å². The van der Waals surface area contributed by atoms with Crippen molar-refractivity contribution in [1.29, 1.82) is 0 Å². The summed E-state index contributed by atoms with van der Waals surface area (Å²) in [6.45, 7) is 1.80. The Balaban J connectivity index is 1.62. The van der Waals surface area contributed by atoms with Gasteiger partial charge in [-0.1, -0.05) is 0 Å². The lowest BCUT2D eigenvalue weighted by Gasteiger charge is -2.47. The van der Waals surface area contributed by atoms with E-state index in [1.807, 2.05) is 14.1 Å². The summed E-state index contributed by atoms with van der Waals surface area (Å²) in [5.41, 5.74) is 0.233. The van der Waals surface area contributed by atoms with Crippen molar-refractivity contribution in [3.8, 4) is 0 Å². The van der Waals surface area contributed by atoms with Gasteiger partial charge in [-0.3, -0.25) is 14.9 Å². The number of carbonyl (C=O) groups is 1. The minimum absolute atomic E-state index is 0.0274. The van der Waals surface area contributed by atoms with Crippen molar-refractivity contribution >= 4 is 11.6 Å². The number of carbonyl (C=O) groups excluding carboxylic acids is 1. The van der Waals surface area contributed by atoms with Crippen LogP contribution in [0.5, 0.6) is 0 Å². The first-order chi connectivity index (χ1) is 12.4. The van der Waals surface area contributed by atoms with E-state index in [0.717, 1.165) is 25.7 Å². The van der Waals surface area contributed by atoms with Crippen LogP contribution in [0.2, 0.25) is 0 Å². The number of rotatable bonds is 5. The van der Waals surface area contributed by atoms with Crippen molar-refractivity contribution in [2.45, 2.75) is 37.0 Å². The van der Waals surface area contributed by atoms with E-state index >= 15 is 0 Å². The van der Waals surface area contributed by atoms with E-state index in [1.165, 1.54) is 24.3 Å². The summed E-state index contributed by atoms with van der Waals surface area (Å²) < 4.78 is 11.6. The van der Waals surface area contributed by atoms with Gasteiger partial charge in [0, 0.05) is 42.6 Å². The fraction of sp³-hybridized carbons (Fsp3) is 0.611. The van der Waals surface area contributed by atoms with Crippen LogP contribution in [0.15, 0.2) is 24.3 Å². The molecule has 26 heavy (non-hydrogen) atoms. The number of benzene rings is 1. The fourth-order valence-electron chi connectivity index (χ4n) is 3.75. The van der Waals surface area contributed by atoms with E-state index in [1.54, 1.807) is 0 Å². The molecule has 0 aromatic heterocycles. The summed E-state index contributed by atoms with van der Waals surface area (Å²) in [6, 6.07) is 5.64. The third-order valence-corrected chi connectivity index (χ3v) is 5.62. The Kier molecular flexibility index (Phi) is 5.27. The lowest BCUT2D eigenvalue weighted by atomic mass is 9.77. The Morgan fingerprint density at radius 1 is 1.15 bits per heavy atom. The van der Waals surface area contributed by atoms with Crippen molar-refractivity contribution in [2.24, 2.45) is 0 Å². The molecule has 2 fully saturated rings. The van der Waals surface area contributed by atoms with Crippen LogP contribution in [0.4, 0.5) is 5.69 Å². The van der Waals surface area contributed by atoms with E-state index in [9.17, 15) is 14.9 Å². The number of hydrogen-bond acceptors (Lipinski definition) is 6. The van der Waals surface area contributed by atoms with Crippen molar-refractivity contribution < 1.29 is 19.2 Å². The van der Waals surface area contributed by atoms with E-state index in [-0.39, 0.29) is 17.1 Å². The number of nitrogens with one attached hydrogen (secondary N) is 1. The molecule has 1 saturated carbocycles. The first kappa shape index (κ1) is 18.8. The fourth-order valence-corrected chi connectivity index (χ4v) is 3.75. The van der Waals surface area contributed by atoms with Crippen molar-refractivity contribution in [2.75, 3.05) is 33.9 Å². The van der Waals surface area contributed by atoms with Gasteiger partial charge < -0.3 is 19.7 Å². The summed E-state index contributed by atoms with van der Waals surface area (Å²) in [4.78, 5) is 24.8. The van der Waals surface area contributed by atoms with Crippen LogP contribution in [0.1, 0.15) is 36.0 Å². The second-order valence-electron chi connectivity index (χ2n) is 7.21. The number of likely N-dealkylation sites (N-methyl/N-ethyl adjacent to an activating group) is 1. The third kappa shape index (κ3) is 3.72. The van der Waals surface area contributed by atoms with E-state index in [4.69, 9.17) is 9.47 Å². The van der Waals surface area contributed by atoms with Gasteiger partial charge in [0.2, 0.25) is 0 Å². The summed E-state index contributed by atoms with van der Waals surface area (Å²) in [5.74, 6) is -0.670. The predicted octanol–water partition coefficient (Wildman–Crippen LogP) is 1.94. The summed E-state index contributed by atoms with van der Waals surface area (Å²) >= 11 is 0. The van der Waals surface area contributed by atoms with Gasteiger partial charge in [0.15, 0.2) is 5.79 Å². The van der Waals surface area contributed by atoms with Crippen molar-refractivity contribution in [1.82, 2.24) is 10.2 Å². The Morgan fingerprint density at radius 3 is 2.23 bits per heavy atom. The number of nitrogens with zero attached hydrogens (tertiary/aromatic N) is 2. The molecule has 142 valence electrons. The normalized spacial score (nSPS) is 21.0. The molecule has 0 unspecified atom stereocenters. The molecule has 1 aromatic carbocycles. The smallest absolute Gasteiger partial charge is 0.269 e. The number of hydrogen-bond donors (Lipinski definition) is 1. The molecule has 0 atom stereocenters. The number of non-ortho nitro benzene ring substituents is 1. The average Bonchev–Trinajstić information content (AvgIpc) is 3.09. The maximum atomic E-state index is 12.4. The molecule has 8 nitrogen and oxygen atoms in total. The molecule has 0 bridgehead atoms. The number of nitro groups is 1. The van der Waals surface area contributed by atoms with Crippen LogP contribution in [-0.4, -0.2) is 60.9 Å². The third-order valence-electron chi connectivity index (χ3n) is 5.62. The maximum Gasteiger partial charge on any atom is 0.269 e. The summed E-state index contributed by atoms with van der Waals surface area (Å²) in [5, 5.41) is 13.7. The lowest BCUT2D eigenvalue weighted by molar-refractivity contribution is -0.384.